The Morgan fingerprint density at radius 3 is 2.91 bits per heavy atom. The number of hydrogen-bond donors (Lipinski definition) is 1. The summed E-state index contributed by atoms with van der Waals surface area (Å²) in [5, 5.41) is 7.04. The fourth-order valence-electron chi connectivity index (χ4n) is 3.58. The molecule has 1 fully saturated rings. The van der Waals surface area contributed by atoms with Crippen molar-refractivity contribution >= 4 is 16.5 Å². The Morgan fingerprint density at radius 1 is 1.18 bits per heavy atom. The van der Waals surface area contributed by atoms with E-state index in [4.69, 9.17) is 0 Å². The zero-order valence-electron chi connectivity index (χ0n) is 12.8. The van der Waals surface area contributed by atoms with E-state index in [1.165, 1.54) is 30.2 Å². The minimum atomic E-state index is 0.667. The van der Waals surface area contributed by atoms with Gasteiger partial charge in [0.05, 0.1) is 0 Å². The highest BCUT2D eigenvalue weighted by molar-refractivity contribution is 7.13. The molecule has 2 aliphatic heterocycles. The quantitative estimate of drug-likeness (QED) is 0.939. The van der Waals surface area contributed by atoms with E-state index in [-0.39, 0.29) is 0 Å². The van der Waals surface area contributed by atoms with Gasteiger partial charge in [0.15, 0.2) is 5.13 Å². The zero-order chi connectivity index (χ0) is 14.8. The minimum Gasteiger partial charge on any atom is -0.348 e. The summed E-state index contributed by atoms with van der Waals surface area (Å²) in [5.41, 5.74) is 0. The molecule has 0 bridgehead atoms. The smallest absolute Gasteiger partial charge is 0.185 e. The van der Waals surface area contributed by atoms with E-state index in [1.54, 1.807) is 11.3 Å². The Morgan fingerprint density at radius 2 is 2.09 bits per heavy atom. The summed E-state index contributed by atoms with van der Waals surface area (Å²) in [6.07, 6.45) is 10.8. The van der Waals surface area contributed by atoms with Gasteiger partial charge >= 0.3 is 0 Å². The third kappa shape index (κ3) is 3.03. The topological polar surface area (TPSA) is 46.0 Å². The van der Waals surface area contributed by atoms with Gasteiger partial charge in [0.25, 0.3) is 0 Å². The van der Waals surface area contributed by atoms with Gasteiger partial charge in [-0.05, 0) is 31.7 Å². The van der Waals surface area contributed by atoms with Crippen LogP contribution in [0.2, 0.25) is 0 Å². The van der Waals surface area contributed by atoms with Crippen molar-refractivity contribution in [2.45, 2.75) is 38.3 Å². The van der Waals surface area contributed by atoms with Crippen molar-refractivity contribution < 1.29 is 0 Å². The molecule has 6 heteroatoms. The second kappa shape index (κ2) is 6.38. The monoisotopic (exact) mass is 317 g/mol. The Labute approximate surface area is 135 Å². The predicted octanol–water partition coefficient (Wildman–Crippen LogP) is 2.16. The molecular formula is C16H23N5S. The van der Waals surface area contributed by atoms with Gasteiger partial charge in [-0.3, -0.25) is 0 Å². The predicted molar refractivity (Wildman–Crippen MR) is 89.4 cm³/mol. The summed E-state index contributed by atoms with van der Waals surface area (Å²) in [4.78, 5) is 11.2. The highest BCUT2D eigenvalue weighted by Gasteiger charge is 2.23. The molecule has 0 amide bonds. The van der Waals surface area contributed by atoms with Gasteiger partial charge < -0.3 is 14.8 Å². The summed E-state index contributed by atoms with van der Waals surface area (Å²) in [6.45, 7) is 4.52. The maximum Gasteiger partial charge on any atom is 0.185 e. The maximum absolute atomic E-state index is 4.42. The van der Waals surface area contributed by atoms with Crippen molar-refractivity contribution in [3.63, 3.8) is 0 Å². The lowest BCUT2D eigenvalue weighted by Crippen LogP contribution is -2.44. The van der Waals surface area contributed by atoms with Gasteiger partial charge in [-0.25, -0.2) is 9.97 Å². The number of rotatable bonds is 4. The molecule has 0 spiro atoms. The van der Waals surface area contributed by atoms with Gasteiger partial charge in [0, 0.05) is 56.1 Å². The van der Waals surface area contributed by atoms with E-state index >= 15 is 0 Å². The van der Waals surface area contributed by atoms with Crippen LogP contribution in [0.5, 0.6) is 0 Å². The molecule has 118 valence electrons. The summed E-state index contributed by atoms with van der Waals surface area (Å²) < 4.78 is 2.32. The van der Waals surface area contributed by atoms with Crippen LogP contribution >= 0.6 is 11.3 Å². The van der Waals surface area contributed by atoms with Crippen LogP contribution in [0.4, 0.5) is 5.13 Å². The van der Waals surface area contributed by atoms with E-state index in [2.05, 4.69) is 36.3 Å². The number of aryl methyl sites for hydroxylation is 1. The summed E-state index contributed by atoms with van der Waals surface area (Å²) in [5.74, 6) is 2.01. The van der Waals surface area contributed by atoms with E-state index in [9.17, 15) is 0 Å². The highest BCUT2D eigenvalue weighted by Crippen LogP contribution is 2.23. The molecule has 0 aliphatic carbocycles. The molecule has 1 atom stereocenters. The van der Waals surface area contributed by atoms with Gasteiger partial charge in [-0.1, -0.05) is 0 Å². The van der Waals surface area contributed by atoms with Crippen LogP contribution in [0.25, 0.3) is 0 Å². The molecule has 1 N–H and O–H groups in total. The number of nitrogens with one attached hydrogen (secondary N) is 1. The number of anilines is 1. The molecule has 2 aromatic heterocycles. The minimum absolute atomic E-state index is 0.667. The molecule has 0 radical (unpaired) electrons. The molecule has 0 saturated carbocycles. The zero-order valence-corrected chi connectivity index (χ0v) is 13.6. The fraction of sp³-hybridized carbons (Fsp3) is 0.625. The van der Waals surface area contributed by atoms with E-state index in [1.807, 2.05) is 12.4 Å². The summed E-state index contributed by atoms with van der Waals surface area (Å²) in [6, 6.07) is 0.667. The molecule has 2 aromatic rings. The third-order valence-electron chi connectivity index (χ3n) is 4.91. The fourth-order valence-corrected chi connectivity index (χ4v) is 4.28. The summed E-state index contributed by atoms with van der Waals surface area (Å²) in [7, 11) is 0. The summed E-state index contributed by atoms with van der Waals surface area (Å²) >= 11 is 1.75. The first-order valence-electron chi connectivity index (χ1n) is 8.26. The lowest BCUT2D eigenvalue weighted by atomic mass is 9.98. The highest BCUT2D eigenvalue weighted by atomic mass is 32.1. The van der Waals surface area contributed by atoms with Crippen molar-refractivity contribution in [2.24, 2.45) is 5.92 Å². The standard InChI is InChI=1S/C16H23N5S/c1-2-15-17-5-9-21(15)12-13(1)11-19-14-3-7-20(8-4-14)16-18-6-10-22-16/h5-6,9-10,13-14,19H,1-4,7-8,11-12H2. The normalized spacial score (nSPS) is 22.7. The molecule has 4 rings (SSSR count). The second-order valence-corrected chi connectivity index (χ2v) is 7.26. The van der Waals surface area contributed by atoms with Crippen molar-refractivity contribution in [2.75, 3.05) is 24.5 Å². The second-order valence-electron chi connectivity index (χ2n) is 6.38. The lowest BCUT2D eigenvalue weighted by molar-refractivity contribution is 0.314. The lowest BCUT2D eigenvalue weighted by Gasteiger charge is -2.33. The first-order chi connectivity index (χ1) is 10.9. The van der Waals surface area contributed by atoms with Crippen molar-refractivity contribution in [1.82, 2.24) is 19.9 Å². The van der Waals surface area contributed by atoms with Crippen LogP contribution < -0.4 is 10.2 Å². The van der Waals surface area contributed by atoms with Gasteiger partial charge in [0.2, 0.25) is 0 Å². The molecule has 1 unspecified atom stereocenters. The van der Waals surface area contributed by atoms with Crippen LogP contribution in [-0.2, 0) is 13.0 Å². The van der Waals surface area contributed by atoms with Crippen LogP contribution in [0, 0.1) is 5.92 Å². The van der Waals surface area contributed by atoms with Gasteiger partial charge in [0.1, 0.15) is 5.82 Å². The molecule has 0 aromatic carbocycles. The van der Waals surface area contributed by atoms with Crippen LogP contribution in [0.1, 0.15) is 25.1 Å². The number of aromatic nitrogens is 3. The molecule has 5 nitrogen and oxygen atoms in total. The first kappa shape index (κ1) is 14.2. The number of hydrogen-bond acceptors (Lipinski definition) is 5. The number of nitrogens with zero attached hydrogens (tertiary/aromatic N) is 4. The Kier molecular flexibility index (Phi) is 4.12. The van der Waals surface area contributed by atoms with E-state index in [0.29, 0.717) is 6.04 Å². The number of fused-ring (bicyclic) bond motifs is 1. The Balaban J connectivity index is 1.23. The third-order valence-corrected chi connectivity index (χ3v) is 5.74. The molecule has 2 aliphatic rings. The Bertz CT molecular complexity index is 585. The SMILES string of the molecule is c1csc(N2CCC(NCC3CCc4nccn4C3)CC2)n1. The van der Waals surface area contributed by atoms with E-state index < -0.39 is 0 Å². The molecular weight excluding hydrogens is 294 g/mol. The first-order valence-corrected chi connectivity index (χ1v) is 9.14. The number of piperidine rings is 1. The van der Waals surface area contributed by atoms with Gasteiger partial charge in [-0.2, -0.15) is 0 Å². The average molecular weight is 317 g/mol. The van der Waals surface area contributed by atoms with Crippen LogP contribution in [0.15, 0.2) is 24.0 Å². The molecule has 1 saturated heterocycles. The van der Waals surface area contributed by atoms with Crippen LogP contribution in [0.3, 0.4) is 0 Å². The van der Waals surface area contributed by atoms with Crippen molar-refractivity contribution in [1.29, 1.82) is 0 Å². The maximum atomic E-state index is 4.42. The molecule has 4 heterocycles. The Hall–Kier alpha value is -1.40. The average Bonchev–Trinajstić information content (AvgIpc) is 3.24. The van der Waals surface area contributed by atoms with Crippen molar-refractivity contribution in [3.05, 3.63) is 29.8 Å². The van der Waals surface area contributed by atoms with Gasteiger partial charge in [-0.15, -0.1) is 11.3 Å². The van der Waals surface area contributed by atoms with Crippen LogP contribution in [-0.4, -0.2) is 40.2 Å². The largest absolute Gasteiger partial charge is 0.348 e. The van der Waals surface area contributed by atoms with Crippen molar-refractivity contribution in [3.8, 4) is 0 Å². The number of imidazole rings is 1. The molecule has 22 heavy (non-hydrogen) atoms. The number of thiazole rings is 1. The van der Waals surface area contributed by atoms with E-state index in [0.717, 1.165) is 38.5 Å².